The Morgan fingerprint density at radius 2 is 1.75 bits per heavy atom. The Labute approximate surface area is 138 Å². The van der Waals surface area contributed by atoms with Gasteiger partial charge in [-0.25, -0.2) is 9.97 Å². The summed E-state index contributed by atoms with van der Waals surface area (Å²) < 4.78 is 47.7. The van der Waals surface area contributed by atoms with Gasteiger partial charge in [-0.2, -0.15) is 13.2 Å². The maximum absolute atomic E-state index is 12.0. The minimum Gasteiger partial charge on any atom is -0.346 e. The van der Waals surface area contributed by atoms with E-state index < -0.39 is 35.2 Å². The highest BCUT2D eigenvalue weighted by atomic mass is 32.2. The van der Waals surface area contributed by atoms with Crippen molar-refractivity contribution in [1.82, 2.24) is 15.3 Å². The molecule has 1 atom stereocenters. The van der Waals surface area contributed by atoms with Gasteiger partial charge in [-0.3, -0.25) is 9.00 Å². The average molecular weight is 357 g/mol. The molecule has 1 unspecified atom stereocenters. The number of nitrogens with zero attached hydrogens (tertiary/aromatic N) is 2. The lowest BCUT2D eigenvalue weighted by Gasteiger charge is -2.08. The molecule has 1 aromatic carbocycles. The van der Waals surface area contributed by atoms with E-state index in [2.05, 4.69) is 9.97 Å². The number of rotatable bonds is 6. The van der Waals surface area contributed by atoms with Gasteiger partial charge in [-0.15, -0.1) is 0 Å². The molecule has 9 heteroatoms. The van der Waals surface area contributed by atoms with Gasteiger partial charge >= 0.3 is 6.18 Å². The van der Waals surface area contributed by atoms with Crippen molar-refractivity contribution >= 4 is 16.7 Å². The SMILES string of the molecule is O=C(CS(=O)Cc1cnc(-c2ccccc2)nc1)NCC(F)(F)F. The lowest BCUT2D eigenvalue weighted by atomic mass is 10.2. The fourth-order valence-corrected chi connectivity index (χ4v) is 2.82. The highest BCUT2D eigenvalue weighted by molar-refractivity contribution is 7.84. The molecule has 24 heavy (non-hydrogen) atoms. The van der Waals surface area contributed by atoms with Gasteiger partial charge in [0, 0.05) is 34.3 Å². The fourth-order valence-electron chi connectivity index (χ4n) is 1.80. The molecule has 2 aromatic rings. The molecule has 0 bridgehead atoms. The summed E-state index contributed by atoms with van der Waals surface area (Å²) in [5.74, 6) is -0.911. The van der Waals surface area contributed by atoms with E-state index in [-0.39, 0.29) is 5.75 Å². The summed E-state index contributed by atoms with van der Waals surface area (Å²) in [6.07, 6.45) is -1.51. The number of amides is 1. The molecule has 1 heterocycles. The molecule has 1 aromatic heterocycles. The molecular weight excluding hydrogens is 343 g/mol. The number of hydrogen-bond acceptors (Lipinski definition) is 4. The van der Waals surface area contributed by atoms with E-state index in [1.807, 2.05) is 30.3 Å². The Balaban J connectivity index is 1.87. The van der Waals surface area contributed by atoms with Crippen molar-refractivity contribution in [2.45, 2.75) is 11.9 Å². The van der Waals surface area contributed by atoms with E-state index in [9.17, 15) is 22.2 Å². The second-order valence-corrected chi connectivity index (χ2v) is 6.36. The number of carbonyl (C=O) groups excluding carboxylic acids is 1. The van der Waals surface area contributed by atoms with Gasteiger partial charge < -0.3 is 5.32 Å². The molecule has 2 rings (SSSR count). The van der Waals surface area contributed by atoms with Crippen LogP contribution in [0.4, 0.5) is 13.2 Å². The minimum atomic E-state index is -4.49. The summed E-state index contributed by atoms with van der Waals surface area (Å²) >= 11 is 0. The molecule has 0 fully saturated rings. The molecule has 5 nitrogen and oxygen atoms in total. The van der Waals surface area contributed by atoms with Gasteiger partial charge in [0.25, 0.3) is 0 Å². The zero-order valence-corrected chi connectivity index (χ0v) is 13.2. The maximum Gasteiger partial charge on any atom is 0.405 e. The largest absolute Gasteiger partial charge is 0.405 e. The number of aromatic nitrogens is 2. The molecule has 0 aliphatic rings. The van der Waals surface area contributed by atoms with Gasteiger partial charge in [-0.1, -0.05) is 30.3 Å². The van der Waals surface area contributed by atoms with Gasteiger partial charge in [0.1, 0.15) is 12.3 Å². The summed E-state index contributed by atoms with van der Waals surface area (Å²) in [4.78, 5) is 19.6. The topological polar surface area (TPSA) is 72.0 Å². The number of hydrogen-bond donors (Lipinski definition) is 1. The number of halogens is 3. The third-order valence-electron chi connectivity index (χ3n) is 2.84. The summed E-state index contributed by atoms with van der Waals surface area (Å²) in [5, 5.41) is 1.68. The van der Waals surface area contributed by atoms with Crippen LogP contribution in [0.1, 0.15) is 5.56 Å². The van der Waals surface area contributed by atoms with Crippen molar-refractivity contribution in [2.75, 3.05) is 12.3 Å². The zero-order valence-electron chi connectivity index (χ0n) is 12.4. The van der Waals surface area contributed by atoms with Gasteiger partial charge in [0.15, 0.2) is 5.82 Å². The van der Waals surface area contributed by atoms with E-state index in [0.29, 0.717) is 11.4 Å². The minimum absolute atomic E-state index is 0.00545. The van der Waals surface area contributed by atoms with Crippen LogP contribution in [0.15, 0.2) is 42.7 Å². The predicted molar refractivity (Wildman–Crippen MR) is 83.2 cm³/mol. The molecule has 0 aliphatic carbocycles. The van der Waals surface area contributed by atoms with Crippen LogP contribution < -0.4 is 5.32 Å². The molecule has 0 saturated carbocycles. The van der Waals surface area contributed by atoms with E-state index in [0.717, 1.165) is 5.56 Å². The van der Waals surface area contributed by atoms with Crippen molar-refractivity contribution in [3.63, 3.8) is 0 Å². The number of benzene rings is 1. The van der Waals surface area contributed by atoms with Crippen LogP contribution in [0.5, 0.6) is 0 Å². The second kappa shape index (κ2) is 8.00. The van der Waals surface area contributed by atoms with Crippen LogP contribution in [0.3, 0.4) is 0 Å². The maximum atomic E-state index is 12.0. The normalized spacial score (nSPS) is 12.6. The summed E-state index contributed by atoms with van der Waals surface area (Å²) in [6.45, 7) is -1.43. The van der Waals surface area contributed by atoms with Crippen LogP contribution in [-0.4, -0.2) is 38.6 Å². The standard InChI is InChI=1S/C15H14F3N3O2S/c16-15(17,18)10-21-13(22)9-24(23)8-11-6-19-14(20-7-11)12-4-2-1-3-5-12/h1-7H,8-10H2,(H,21,22). The molecule has 1 amide bonds. The Morgan fingerprint density at radius 1 is 1.12 bits per heavy atom. The summed E-state index contributed by atoms with van der Waals surface area (Å²) in [5.41, 5.74) is 1.37. The first-order chi connectivity index (χ1) is 11.3. The lowest BCUT2D eigenvalue weighted by Crippen LogP contribution is -2.36. The van der Waals surface area contributed by atoms with Crippen molar-refractivity contribution in [2.24, 2.45) is 0 Å². The Hall–Kier alpha value is -2.29. The van der Waals surface area contributed by atoms with E-state index >= 15 is 0 Å². The van der Waals surface area contributed by atoms with Crippen LogP contribution in [0, 0.1) is 0 Å². The summed E-state index contributed by atoms with van der Waals surface area (Å²) in [7, 11) is -1.64. The average Bonchev–Trinajstić information content (AvgIpc) is 2.54. The van der Waals surface area contributed by atoms with Crippen molar-refractivity contribution in [3.8, 4) is 11.4 Å². The van der Waals surface area contributed by atoms with Gasteiger partial charge in [0.05, 0.1) is 5.75 Å². The number of nitrogens with one attached hydrogen (secondary N) is 1. The van der Waals surface area contributed by atoms with Crippen LogP contribution in [0.2, 0.25) is 0 Å². The molecule has 1 N–H and O–H groups in total. The van der Waals surface area contributed by atoms with E-state index in [1.165, 1.54) is 12.4 Å². The molecule has 128 valence electrons. The van der Waals surface area contributed by atoms with Crippen molar-refractivity contribution < 1.29 is 22.2 Å². The van der Waals surface area contributed by atoms with Gasteiger partial charge in [0.2, 0.25) is 5.91 Å². The number of alkyl halides is 3. The highest BCUT2D eigenvalue weighted by Gasteiger charge is 2.27. The quantitative estimate of drug-likeness (QED) is 0.859. The van der Waals surface area contributed by atoms with Crippen LogP contribution >= 0.6 is 0 Å². The monoisotopic (exact) mass is 357 g/mol. The van der Waals surface area contributed by atoms with E-state index in [4.69, 9.17) is 0 Å². The van der Waals surface area contributed by atoms with Crippen LogP contribution in [-0.2, 0) is 21.3 Å². The fraction of sp³-hybridized carbons (Fsp3) is 0.267. The predicted octanol–water partition coefficient (Wildman–Crippen LogP) is 2.07. The van der Waals surface area contributed by atoms with Crippen LogP contribution in [0.25, 0.3) is 11.4 Å². The smallest absolute Gasteiger partial charge is 0.346 e. The third kappa shape index (κ3) is 6.07. The first-order valence-corrected chi connectivity index (χ1v) is 8.37. The lowest BCUT2D eigenvalue weighted by molar-refractivity contribution is -0.136. The molecular formula is C15H14F3N3O2S. The summed E-state index contributed by atoms with van der Waals surface area (Å²) in [6, 6.07) is 9.25. The Bertz CT molecular complexity index is 706. The third-order valence-corrected chi connectivity index (χ3v) is 4.08. The van der Waals surface area contributed by atoms with E-state index in [1.54, 1.807) is 5.32 Å². The first kappa shape index (κ1) is 18.1. The first-order valence-electron chi connectivity index (χ1n) is 6.88. The second-order valence-electron chi connectivity index (χ2n) is 4.90. The molecule has 0 saturated heterocycles. The zero-order chi connectivity index (χ0) is 17.6. The Kier molecular flexibility index (Phi) is 6.02. The highest BCUT2D eigenvalue weighted by Crippen LogP contribution is 2.14. The number of carbonyl (C=O) groups is 1. The van der Waals surface area contributed by atoms with Crippen molar-refractivity contribution in [3.05, 3.63) is 48.3 Å². The molecule has 0 aliphatic heterocycles. The van der Waals surface area contributed by atoms with Crippen molar-refractivity contribution in [1.29, 1.82) is 0 Å². The van der Waals surface area contributed by atoms with Gasteiger partial charge in [-0.05, 0) is 0 Å². The molecule has 0 radical (unpaired) electrons. The Morgan fingerprint density at radius 3 is 2.33 bits per heavy atom. The molecule has 0 spiro atoms.